The van der Waals surface area contributed by atoms with E-state index in [9.17, 15) is 4.79 Å². The van der Waals surface area contributed by atoms with Crippen LogP contribution in [0.1, 0.15) is 59.7 Å². The van der Waals surface area contributed by atoms with E-state index >= 15 is 0 Å². The van der Waals surface area contributed by atoms with Gasteiger partial charge in [0, 0.05) is 25.5 Å². The molecule has 2 aromatic rings. The fourth-order valence-corrected chi connectivity index (χ4v) is 2.04. The largest absolute Gasteiger partial charge is 0.384 e. The number of rotatable bonds is 7. The predicted molar refractivity (Wildman–Crippen MR) is 74.2 cm³/mol. The molecule has 1 amide bonds. The topological polar surface area (TPSA) is 103 Å². The predicted octanol–water partition coefficient (Wildman–Crippen LogP) is 1.61. The highest BCUT2D eigenvalue weighted by Gasteiger charge is 2.28. The lowest BCUT2D eigenvalue weighted by Crippen LogP contribution is -2.26. The molecule has 0 radical (unpaired) electrons. The van der Waals surface area contributed by atoms with Gasteiger partial charge in [0.2, 0.25) is 11.7 Å². The number of nitrogens with zero attached hydrogens (tertiary/aromatic N) is 3. The SMILES string of the molecule is COCCc1noc([C@H](C)NC(=O)c2cc(C3CC3)no2)n1. The molecule has 3 rings (SSSR count). The van der Waals surface area contributed by atoms with Crippen LogP contribution in [0, 0.1) is 0 Å². The number of amides is 1. The molecule has 1 fully saturated rings. The minimum Gasteiger partial charge on any atom is -0.384 e. The van der Waals surface area contributed by atoms with Gasteiger partial charge >= 0.3 is 0 Å². The fraction of sp³-hybridized carbons (Fsp3) is 0.571. The number of nitrogens with one attached hydrogen (secondary N) is 1. The summed E-state index contributed by atoms with van der Waals surface area (Å²) in [6.45, 7) is 2.28. The maximum absolute atomic E-state index is 12.1. The molecule has 0 unspecified atom stereocenters. The van der Waals surface area contributed by atoms with Crippen LogP contribution in [0.5, 0.6) is 0 Å². The molecule has 0 aromatic carbocycles. The van der Waals surface area contributed by atoms with Crippen molar-refractivity contribution in [2.24, 2.45) is 0 Å². The summed E-state index contributed by atoms with van der Waals surface area (Å²) in [4.78, 5) is 16.3. The number of methoxy groups -OCH3 is 1. The second-order valence-corrected chi connectivity index (χ2v) is 5.38. The van der Waals surface area contributed by atoms with Crippen molar-refractivity contribution in [3.05, 3.63) is 29.2 Å². The summed E-state index contributed by atoms with van der Waals surface area (Å²) >= 11 is 0. The highest BCUT2D eigenvalue weighted by Crippen LogP contribution is 2.39. The molecule has 1 atom stereocenters. The van der Waals surface area contributed by atoms with Crippen LogP contribution in [0.2, 0.25) is 0 Å². The van der Waals surface area contributed by atoms with Crippen molar-refractivity contribution in [1.82, 2.24) is 20.6 Å². The summed E-state index contributed by atoms with van der Waals surface area (Å²) in [5.41, 5.74) is 0.845. The smallest absolute Gasteiger partial charge is 0.290 e. The number of carbonyl (C=O) groups excluding carboxylic acids is 1. The normalized spacial score (nSPS) is 15.7. The number of carbonyl (C=O) groups is 1. The lowest BCUT2D eigenvalue weighted by Gasteiger charge is -2.07. The van der Waals surface area contributed by atoms with E-state index in [-0.39, 0.29) is 11.7 Å². The van der Waals surface area contributed by atoms with Gasteiger partial charge in [-0.2, -0.15) is 4.98 Å². The summed E-state index contributed by atoms with van der Waals surface area (Å²) < 4.78 is 15.2. The van der Waals surface area contributed by atoms with Gasteiger partial charge < -0.3 is 19.1 Å². The maximum Gasteiger partial charge on any atom is 0.290 e. The molecule has 1 N–H and O–H groups in total. The Balaban J connectivity index is 1.58. The molecule has 0 spiro atoms. The van der Waals surface area contributed by atoms with Gasteiger partial charge in [-0.25, -0.2) is 0 Å². The van der Waals surface area contributed by atoms with Crippen molar-refractivity contribution >= 4 is 5.91 Å². The summed E-state index contributed by atoms with van der Waals surface area (Å²) in [5.74, 6) is 1.20. The first-order valence-corrected chi connectivity index (χ1v) is 7.26. The highest BCUT2D eigenvalue weighted by atomic mass is 16.5. The zero-order chi connectivity index (χ0) is 15.5. The Hall–Kier alpha value is -2.22. The third-order valence-corrected chi connectivity index (χ3v) is 3.48. The van der Waals surface area contributed by atoms with Crippen LogP contribution in [0.4, 0.5) is 0 Å². The van der Waals surface area contributed by atoms with Crippen molar-refractivity contribution in [3.63, 3.8) is 0 Å². The molecule has 1 aliphatic rings. The number of aromatic nitrogens is 3. The maximum atomic E-state index is 12.1. The third-order valence-electron chi connectivity index (χ3n) is 3.48. The van der Waals surface area contributed by atoms with E-state index < -0.39 is 6.04 Å². The summed E-state index contributed by atoms with van der Waals surface area (Å²) in [6, 6.07) is 1.28. The van der Waals surface area contributed by atoms with Crippen LogP contribution >= 0.6 is 0 Å². The summed E-state index contributed by atoms with van der Waals surface area (Å²) in [6.07, 6.45) is 2.78. The van der Waals surface area contributed by atoms with Crippen LogP contribution in [0.3, 0.4) is 0 Å². The minimum absolute atomic E-state index is 0.202. The third kappa shape index (κ3) is 3.33. The first-order valence-electron chi connectivity index (χ1n) is 7.26. The molecule has 0 aliphatic heterocycles. The Morgan fingerprint density at radius 2 is 2.27 bits per heavy atom. The zero-order valence-electron chi connectivity index (χ0n) is 12.5. The molecule has 2 heterocycles. The van der Waals surface area contributed by atoms with Gasteiger partial charge in [-0.3, -0.25) is 4.79 Å². The highest BCUT2D eigenvalue weighted by molar-refractivity contribution is 5.91. The fourth-order valence-electron chi connectivity index (χ4n) is 2.04. The molecule has 22 heavy (non-hydrogen) atoms. The number of hydrogen-bond acceptors (Lipinski definition) is 7. The summed E-state index contributed by atoms with van der Waals surface area (Å²) in [7, 11) is 1.61. The molecule has 0 saturated heterocycles. The molecule has 1 saturated carbocycles. The quantitative estimate of drug-likeness (QED) is 0.828. The Kier molecular flexibility index (Phi) is 4.19. The Morgan fingerprint density at radius 3 is 3.00 bits per heavy atom. The average Bonchev–Trinajstić information content (AvgIpc) is 3.05. The van der Waals surface area contributed by atoms with Crippen molar-refractivity contribution in [3.8, 4) is 0 Å². The van der Waals surface area contributed by atoms with Crippen molar-refractivity contribution < 1.29 is 18.6 Å². The van der Waals surface area contributed by atoms with Gasteiger partial charge in [-0.05, 0) is 19.8 Å². The van der Waals surface area contributed by atoms with Crippen molar-refractivity contribution in [2.75, 3.05) is 13.7 Å². The Morgan fingerprint density at radius 1 is 1.45 bits per heavy atom. The van der Waals surface area contributed by atoms with E-state index in [0.717, 1.165) is 18.5 Å². The Labute approximate surface area is 127 Å². The molecule has 0 bridgehead atoms. The number of ether oxygens (including phenoxy) is 1. The summed E-state index contributed by atoms with van der Waals surface area (Å²) in [5, 5.41) is 10.5. The minimum atomic E-state index is -0.411. The standard InChI is InChI=1S/C14H18N4O4/c1-8(14-16-12(18-22-14)5-6-20-2)15-13(19)11-7-10(17-21-11)9-3-4-9/h7-9H,3-6H2,1-2H3,(H,15,19)/t8-/m0/s1. The van der Waals surface area contributed by atoms with E-state index in [1.807, 2.05) is 0 Å². The van der Waals surface area contributed by atoms with E-state index in [1.54, 1.807) is 20.1 Å². The van der Waals surface area contributed by atoms with Gasteiger partial charge in [-0.15, -0.1) is 0 Å². The van der Waals surface area contributed by atoms with E-state index in [0.29, 0.717) is 30.7 Å². The van der Waals surface area contributed by atoms with Gasteiger partial charge in [0.25, 0.3) is 5.91 Å². The lowest BCUT2D eigenvalue weighted by atomic mass is 10.2. The molecule has 8 nitrogen and oxygen atoms in total. The van der Waals surface area contributed by atoms with E-state index in [1.165, 1.54) is 0 Å². The molecular formula is C14H18N4O4. The van der Waals surface area contributed by atoms with Crippen molar-refractivity contribution in [1.29, 1.82) is 0 Å². The van der Waals surface area contributed by atoms with E-state index in [2.05, 4.69) is 20.6 Å². The second-order valence-electron chi connectivity index (χ2n) is 5.38. The van der Waals surface area contributed by atoms with Crippen molar-refractivity contribution in [2.45, 2.75) is 38.1 Å². The number of hydrogen-bond donors (Lipinski definition) is 1. The monoisotopic (exact) mass is 306 g/mol. The molecule has 118 valence electrons. The molecule has 1 aliphatic carbocycles. The molecular weight excluding hydrogens is 288 g/mol. The lowest BCUT2D eigenvalue weighted by molar-refractivity contribution is 0.0895. The zero-order valence-corrected chi connectivity index (χ0v) is 12.5. The van der Waals surface area contributed by atoms with Crippen LogP contribution in [0.15, 0.2) is 15.1 Å². The van der Waals surface area contributed by atoms with Gasteiger partial charge in [-0.1, -0.05) is 10.3 Å². The van der Waals surface area contributed by atoms with Crippen LogP contribution < -0.4 is 5.32 Å². The first-order chi connectivity index (χ1) is 10.7. The first kappa shape index (κ1) is 14.7. The van der Waals surface area contributed by atoms with E-state index in [4.69, 9.17) is 13.8 Å². The van der Waals surface area contributed by atoms with Crippen LogP contribution in [0.25, 0.3) is 0 Å². The second kappa shape index (κ2) is 6.27. The van der Waals surface area contributed by atoms with Gasteiger partial charge in [0.05, 0.1) is 12.3 Å². The van der Waals surface area contributed by atoms with Crippen LogP contribution in [-0.4, -0.2) is 34.9 Å². The van der Waals surface area contributed by atoms with Crippen LogP contribution in [-0.2, 0) is 11.2 Å². The van der Waals surface area contributed by atoms with Gasteiger partial charge in [0.1, 0.15) is 6.04 Å². The average molecular weight is 306 g/mol. The Bertz CT molecular complexity index is 647. The van der Waals surface area contributed by atoms with Gasteiger partial charge in [0.15, 0.2) is 5.82 Å². The molecule has 2 aromatic heterocycles. The molecule has 8 heteroatoms.